The summed E-state index contributed by atoms with van der Waals surface area (Å²) < 4.78 is 41.3. The highest BCUT2D eigenvalue weighted by Gasteiger charge is 2.32. The molecule has 0 unspecified atom stereocenters. The van der Waals surface area contributed by atoms with E-state index in [1.165, 1.54) is 7.05 Å². The Labute approximate surface area is 115 Å². The first-order chi connectivity index (χ1) is 9.77. The van der Waals surface area contributed by atoms with Gasteiger partial charge in [0.1, 0.15) is 5.69 Å². The minimum absolute atomic E-state index is 0.0173. The Morgan fingerprint density at radius 2 is 2.14 bits per heavy atom. The van der Waals surface area contributed by atoms with Crippen molar-refractivity contribution in [3.63, 3.8) is 0 Å². The van der Waals surface area contributed by atoms with Crippen molar-refractivity contribution in [1.29, 1.82) is 0 Å². The molecule has 0 saturated heterocycles. The van der Waals surface area contributed by atoms with Crippen LogP contribution in [0.1, 0.15) is 21.9 Å². The van der Waals surface area contributed by atoms with Crippen LogP contribution < -0.4 is 5.76 Å². The maximum absolute atomic E-state index is 12.4. The van der Waals surface area contributed by atoms with Crippen LogP contribution in [-0.2, 0) is 12.7 Å². The van der Waals surface area contributed by atoms with Crippen molar-refractivity contribution in [2.75, 3.05) is 7.05 Å². The summed E-state index contributed by atoms with van der Waals surface area (Å²) in [6.45, 7) is -0.0639. The van der Waals surface area contributed by atoms with Gasteiger partial charge in [0.25, 0.3) is 5.91 Å². The van der Waals surface area contributed by atoms with Crippen molar-refractivity contribution in [3.05, 3.63) is 46.0 Å². The predicted molar refractivity (Wildman–Crippen MR) is 62.2 cm³/mol. The highest BCUT2D eigenvalue weighted by atomic mass is 19.4. The average Bonchev–Trinajstić information content (AvgIpc) is 2.82. The zero-order valence-electron chi connectivity index (χ0n) is 10.6. The Kier molecular flexibility index (Phi) is 3.78. The van der Waals surface area contributed by atoms with Gasteiger partial charge in [-0.05, 0) is 12.1 Å². The summed E-state index contributed by atoms with van der Waals surface area (Å²) in [5.41, 5.74) is -1.10. The van der Waals surface area contributed by atoms with Gasteiger partial charge in [-0.25, -0.2) is 4.79 Å². The van der Waals surface area contributed by atoms with E-state index in [4.69, 9.17) is 0 Å². The molecule has 1 amide bonds. The third kappa shape index (κ3) is 3.46. The molecule has 1 N–H and O–H groups in total. The van der Waals surface area contributed by atoms with E-state index in [0.717, 1.165) is 23.2 Å². The summed E-state index contributed by atoms with van der Waals surface area (Å²) >= 11 is 0. The van der Waals surface area contributed by atoms with E-state index in [9.17, 15) is 22.8 Å². The van der Waals surface area contributed by atoms with Crippen molar-refractivity contribution in [2.45, 2.75) is 12.7 Å². The molecular weight excluding hydrogens is 293 g/mol. The minimum Gasteiger partial charge on any atom is -0.334 e. The number of nitrogens with one attached hydrogen (secondary N) is 1. The van der Waals surface area contributed by atoms with Gasteiger partial charge in [0.15, 0.2) is 5.82 Å². The lowest BCUT2D eigenvalue weighted by atomic mass is 10.2. The maximum atomic E-state index is 12.4. The molecule has 2 rings (SSSR count). The van der Waals surface area contributed by atoms with E-state index in [1.54, 1.807) is 0 Å². The third-order valence-corrected chi connectivity index (χ3v) is 2.52. The lowest BCUT2D eigenvalue weighted by Gasteiger charge is -2.15. The molecular formula is C11H9F3N4O3. The van der Waals surface area contributed by atoms with Crippen LogP contribution in [0.15, 0.2) is 27.6 Å². The SMILES string of the molecule is CN(Cc1noc(=O)[nH]1)C(=O)c1ccc(C(F)(F)F)nc1. The molecule has 112 valence electrons. The Bertz CT molecular complexity index is 690. The minimum atomic E-state index is -4.56. The molecule has 0 aliphatic heterocycles. The van der Waals surface area contributed by atoms with E-state index in [-0.39, 0.29) is 17.9 Å². The first kappa shape index (κ1) is 14.8. The van der Waals surface area contributed by atoms with Crippen LogP contribution in [0.25, 0.3) is 0 Å². The summed E-state index contributed by atoms with van der Waals surface area (Å²) in [5.74, 6) is -1.21. The second-order valence-electron chi connectivity index (χ2n) is 4.13. The van der Waals surface area contributed by atoms with Crippen molar-refractivity contribution in [2.24, 2.45) is 0 Å². The fraction of sp³-hybridized carbons (Fsp3) is 0.273. The summed E-state index contributed by atoms with van der Waals surface area (Å²) in [6, 6.07) is 1.75. The first-order valence-corrected chi connectivity index (χ1v) is 5.61. The quantitative estimate of drug-likeness (QED) is 0.915. The smallest absolute Gasteiger partial charge is 0.334 e. The summed E-state index contributed by atoms with van der Waals surface area (Å²) in [4.78, 5) is 29.3. The number of halogens is 3. The lowest BCUT2D eigenvalue weighted by Crippen LogP contribution is -2.27. The highest BCUT2D eigenvalue weighted by molar-refractivity contribution is 5.93. The number of hydrogen-bond acceptors (Lipinski definition) is 5. The molecule has 0 aliphatic carbocycles. The number of amides is 1. The number of alkyl halides is 3. The van der Waals surface area contributed by atoms with Crippen molar-refractivity contribution in [1.82, 2.24) is 20.0 Å². The second-order valence-corrected chi connectivity index (χ2v) is 4.13. The number of H-pyrrole nitrogens is 1. The zero-order valence-corrected chi connectivity index (χ0v) is 10.6. The number of aromatic nitrogens is 3. The molecule has 0 saturated carbocycles. The molecule has 2 heterocycles. The molecule has 2 aromatic rings. The fourth-order valence-corrected chi connectivity index (χ4v) is 1.53. The van der Waals surface area contributed by atoms with Gasteiger partial charge in [0, 0.05) is 13.2 Å². The van der Waals surface area contributed by atoms with Crippen molar-refractivity contribution < 1.29 is 22.5 Å². The lowest BCUT2D eigenvalue weighted by molar-refractivity contribution is -0.141. The van der Waals surface area contributed by atoms with Gasteiger partial charge in [-0.1, -0.05) is 5.16 Å². The Hall–Kier alpha value is -2.65. The summed E-state index contributed by atoms with van der Waals surface area (Å²) in [6.07, 6.45) is -3.72. The normalized spacial score (nSPS) is 11.4. The number of rotatable bonds is 3. The topological polar surface area (TPSA) is 92.1 Å². The van der Waals surface area contributed by atoms with Crippen LogP contribution in [0.2, 0.25) is 0 Å². The van der Waals surface area contributed by atoms with Crippen LogP contribution in [0.5, 0.6) is 0 Å². The van der Waals surface area contributed by atoms with Crippen LogP contribution in [0.4, 0.5) is 13.2 Å². The Morgan fingerprint density at radius 3 is 2.62 bits per heavy atom. The fourth-order valence-electron chi connectivity index (χ4n) is 1.53. The standard InChI is InChI=1S/C11H9F3N4O3/c1-18(5-8-16-10(20)21-17-8)9(19)6-2-3-7(15-4-6)11(12,13)14/h2-4H,5H2,1H3,(H,16,17,20). The van der Waals surface area contributed by atoms with Gasteiger partial charge in [0.05, 0.1) is 12.1 Å². The van der Waals surface area contributed by atoms with Gasteiger partial charge in [-0.3, -0.25) is 19.3 Å². The van der Waals surface area contributed by atoms with Gasteiger partial charge in [-0.2, -0.15) is 13.2 Å². The molecule has 0 atom stereocenters. The number of carbonyl (C=O) groups is 1. The first-order valence-electron chi connectivity index (χ1n) is 5.61. The second kappa shape index (κ2) is 5.38. The van der Waals surface area contributed by atoms with Crippen LogP contribution in [0.3, 0.4) is 0 Å². The molecule has 0 fully saturated rings. The average molecular weight is 302 g/mol. The number of nitrogens with zero attached hydrogens (tertiary/aromatic N) is 3. The number of pyridine rings is 1. The molecule has 0 aliphatic rings. The largest absolute Gasteiger partial charge is 0.438 e. The zero-order chi connectivity index (χ0) is 15.6. The van der Waals surface area contributed by atoms with E-state index < -0.39 is 23.5 Å². The van der Waals surface area contributed by atoms with Crippen molar-refractivity contribution in [3.8, 4) is 0 Å². The molecule has 21 heavy (non-hydrogen) atoms. The maximum Gasteiger partial charge on any atom is 0.438 e. The monoisotopic (exact) mass is 302 g/mol. The van der Waals surface area contributed by atoms with E-state index in [0.29, 0.717) is 0 Å². The predicted octanol–water partition coefficient (Wildman–Crippen LogP) is 1.05. The molecule has 0 aromatic carbocycles. The molecule has 0 radical (unpaired) electrons. The van der Waals surface area contributed by atoms with E-state index >= 15 is 0 Å². The molecule has 0 spiro atoms. The van der Waals surface area contributed by atoms with Crippen LogP contribution >= 0.6 is 0 Å². The van der Waals surface area contributed by atoms with Crippen LogP contribution in [-0.4, -0.2) is 33.0 Å². The Balaban J connectivity index is 2.10. The van der Waals surface area contributed by atoms with Gasteiger partial charge >= 0.3 is 11.9 Å². The number of carbonyl (C=O) groups excluding carboxylic acids is 1. The van der Waals surface area contributed by atoms with Gasteiger partial charge in [-0.15, -0.1) is 0 Å². The van der Waals surface area contributed by atoms with E-state index in [1.807, 2.05) is 0 Å². The number of aromatic amines is 1. The molecule has 0 bridgehead atoms. The van der Waals surface area contributed by atoms with Crippen LogP contribution in [0, 0.1) is 0 Å². The molecule has 10 heteroatoms. The summed E-state index contributed by atoms with van der Waals surface area (Å²) in [7, 11) is 1.40. The highest BCUT2D eigenvalue weighted by Crippen LogP contribution is 2.27. The van der Waals surface area contributed by atoms with Gasteiger partial charge in [0.2, 0.25) is 0 Å². The Morgan fingerprint density at radius 1 is 1.43 bits per heavy atom. The molecule has 2 aromatic heterocycles. The molecule has 7 nitrogen and oxygen atoms in total. The summed E-state index contributed by atoms with van der Waals surface area (Å²) in [5, 5.41) is 3.38. The van der Waals surface area contributed by atoms with Crippen molar-refractivity contribution >= 4 is 5.91 Å². The van der Waals surface area contributed by atoms with Gasteiger partial charge < -0.3 is 4.90 Å². The third-order valence-electron chi connectivity index (χ3n) is 2.52. The number of hydrogen-bond donors (Lipinski definition) is 1. The van der Waals surface area contributed by atoms with E-state index in [2.05, 4.69) is 19.6 Å².